The number of nitrogens with zero attached hydrogens (tertiary/aromatic N) is 2. The SMILES string of the molecule is Cc1ccccc1-n1c(C)nc(C)c1C(=O)O. The zero-order chi connectivity index (χ0) is 12.6. The van der Waals surface area contributed by atoms with Gasteiger partial charge in [0.25, 0.3) is 0 Å². The van der Waals surface area contributed by atoms with Crippen LogP contribution in [0.3, 0.4) is 0 Å². The molecule has 4 nitrogen and oxygen atoms in total. The van der Waals surface area contributed by atoms with Crippen molar-refractivity contribution in [1.29, 1.82) is 0 Å². The van der Waals surface area contributed by atoms with Crippen molar-refractivity contribution in [3.05, 3.63) is 47.0 Å². The Kier molecular flexibility index (Phi) is 2.71. The molecular formula is C13H14N2O2. The average Bonchev–Trinajstić information content (AvgIpc) is 2.54. The molecule has 1 N–H and O–H groups in total. The van der Waals surface area contributed by atoms with E-state index >= 15 is 0 Å². The molecule has 1 aromatic heterocycles. The Hall–Kier alpha value is -2.10. The lowest BCUT2D eigenvalue weighted by molar-refractivity contribution is 0.0687. The van der Waals surface area contributed by atoms with Gasteiger partial charge in [0, 0.05) is 0 Å². The van der Waals surface area contributed by atoms with Crippen molar-refractivity contribution in [2.45, 2.75) is 20.8 Å². The number of carboxylic acids is 1. The van der Waals surface area contributed by atoms with Gasteiger partial charge in [-0.25, -0.2) is 9.78 Å². The first-order chi connectivity index (χ1) is 8.02. The van der Waals surface area contributed by atoms with E-state index < -0.39 is 5.97 Å². The van der Waals surface area contributed by atoms with E-state index in [1.54, 1.807) is 11.5 Å². The molecule has 2 aromatic rings. The molecule has 0 aliphatic heterocycles. The highest BCUT2D eigenvalue weighted by molar-refractivity contribution is 5.88. The highest BCUT2D eigenvalue weighted by Crippen LogP contribution is 2.20. The molecule has 0 spiro atoms. The van der Waals surface area contributed by atoms with Crippen LogP contribution in [0.4, 0.5) is 0 Å². The summed E-state index contributed by atoms with van der Waals surface area (Å²) in [6, 6.07) is 7.67. The van der Waals surface area contributed by atoms with Gasteiger partial charge >= 0.3 is 5.97 Å². The number of benzene rings is 1. The molecule has 17 heavy (non-hydrogen) atoms. The van der Waals surface area contributed by atoms with Crippen molar-refractivity contribution in [2.24, 2.45) is 0 Å². The van der Waals surface area contributed by atoms with Crippen molar-refractivity contribution in [1.82, 2.24) is 9.55 Å². The Morgan fingerprint density at radius 3 is 2.47 bits per heavy atom. The maximum atomic E-state index is 11.3. The highest BCUT2D eigenvalue weighted by atomic mass is 16.4. The van der Waals surface area contributed by atoms with Crippen LogP contribution in [0.5, 0.6) is 0 Å². The van der Waals surface area contributed by atoms with Gasteiger partial charge in [0.2, 0.25) is 0 Å². The normalized spacial score (nSPS) is 10.5. The molecule has 2 rings (SSSR count). The van der Waals surface area contributed by atoms with Gasteiger partial charge in [-0.1, -0.05) is 18.2 Å². The maximum Gasteiger partial charge on any atom is 0.354 e. The number of hydrogen-bond acceptors (Lipinski definition) is 2. The van der Waals surface area contributed by atoms with Crippen LogP contribution in [-0.4, -0.2) is 20.6 Å². The number of aromatic carboxylic acids is 1. The van der Waals surface area contributed by atoms with Gasteiger partial charge in [0.05, 0.1) is 11.4 Å². The third kappa shape index (κ3) is 1.82. The van der Waals surface area contributed by atoms with Gasteiger partial charge in [-0.3, -0.25) is 4.57 Å². The van der Waals surface area contributed by atoms with E-state index in [-0.39, 0.29) is 5.69 Å². The van der Waals surface area contributed by atoms with Crippen LogP contribution in [0, 0.1) is 20.8 Å². The molecular weight excluding hydrogens is 216 g/mol. The first-order valence-electron chi connectivity index (χ1n) is 5.37. The maximum absolute atomic E-state index is 11.3. The second-order valence-electron chi connectivity index (χ2n) is 4.02. The molecule has 0 fully saturated rings. The van der Waals surface area contributed by atoms with Gasteiger partial charge in [-0.15, -0.1) is 0 Å². The van der Waals surface area contributed by atoms with Crippen molar-refractivity contribution in [3.63, 3.8) is 0 Å². The minimum absolute atomic E-state index is 0.233. The molecule has 0 saturated heterocycles. The van der Waals surface area contributed by atoms with Crippen LogP contribution in [0.2, 0.25) is 0 Å². The van der Waals surface area contributed by atoms with E-state index in [1.165, 1.54) is 0 Å². The highest BCUT2D eigenvalue weighted by Gasteiger charge is 2.19. The zero-order valence-corrected chi connectivity index (χ0v) is 10.1. The number of imidazole rings is 1. The molecule has 0 saturated carbocycles. The van der Waals surface area contributed by atoms with Crippen LogP contribution in [-0.2, 0) is 0 Å². The van der Waals surface area contributed by atoms with Crippen LogP contribution in [0.25, 0.3) is 5.69 Å². The minimum atomic E-state index is -0.952. The molecule has 1 heterocycles. The van der Waals surface area contributed by atoms with Gasteiger partial charge in [-0.2, -0.15) is 0 Å². The summed E-state index contributed by atoms with van der Waals surface area (Å²) in [4.78, 5) is 15.5. The Balaban J connectivity index is 2.76. The predicted molar refractivity (Wildman–Crippen MR) is 64.7 cm³/mol. The molecule has 0 bridgehead atoms. The lowest BCUT2D eigenvalue weighted by atomic mass is 10.2. The Bertz CT molecular complexity index is 585. The fraction of sp³-hybridized carbons (Fsp3) is 0.231. The van der Waals surface area contributed by atoms with E-state index in [4.69, 9.17) is 0 Å². The lowest BCUT2D eigenvalue weighted by Crippen LogP contribution is -2.10. The van der Waals surface area contributed by atoms with Crippen LogP contribution in [0.1, 0.15) is 27.6 Å². The van der Waals surface area contributed by atoms with Gasteiger partial charge in [-0.05, 0) is 32.4 Å². The van der Waals surface area contributed by atoms with Gasteiger partial charge in [0.1, 0.15) is 5.82 Å². The number of rotatable bonds is 2. The molecule has 0 amide bonds. The van der Waals surface area contributed by atoms with Crippen LogP contribution >= 0.6 is 0 Å². The summed E-state index contributed by atoms with van der Waals surface area (Å²) < 4.78 is 1.69. The number of hydrogen-bond donors (Lipinski definition) is 1. The van der Waals surface area contributed by atoms with Crippen molar-refractivity contribution in [2.75, 3.05) is 0 Å². The Labute approximate surface area is 99.5 Å². The molecule has 88 valence electrons. The summed E-state index contributed by atoms with van der Waals surface area (Å²) in [5.41, 5.74) is 2.66. The first-order valence-corrected chi connectivity index (χ1v) is 5.37. The Morgan fingerprint density at radius 1 is 1.24 bits per heavy atom. The second-order valence-corrected chi connectivity index (χ2v) is 4.02. The summed E-state index contributed by atoms with van der Waals surface area (Å²) in [5.74, 6) is -0.263. The molecule has 0 atom stereocenters. The Morgan fingerprint density at radius 2 is 1.88 bits per heavy atom. The molecule has 0 radical (unpaired) electrons. The largest absolute Gasteiger partial charge is 0.477 e. The molecule has 4 heteroatoms. The number of para-hydroxylation sites is 1. The van der Waals surface area contributed by atoms with Crippen molar-refractivity contribution >= 4 is 5.97 Å². The van der Waals surface area contributed by atoms with E-state index in [0.29, 0.717) is 11.5 Å². The van der Waals surface area contributed by atoms with E-state index in [0.717, 1.165) is 11.3 Å². The lowest BCUT2D eigenvalue weighted by Gasteiger charge is -2.10. The quantitative estimate of drug-likeness (QED) is 0.862. The standard InChI is InChI=1S/C13H14N2O2/c1-8-6-4-5-7-11(8)15-10(3)14-9(2)12(15)13(16)17/h4-7H,1-3H3,(H,16,17). The van der Waals surface area contributed by atoms with E-state index in [2.05, 4.69) is 4.98 Å². The third-order valence-corrected chi connectivity index (χ3v) is 2.78. The van der Waals surface area contributed by atoms with Gasteiger partial charge < -0.3 is 5.11 Å². The van der Waals surface area contributed by atoms with Crippen molar-refractivity contribution in [3.8, 4) is 5.69 Å². The molecule has 1 aromatic carbocycles. The first kappa shape index (κ1) is 11.4. The smallest absolute Gasteiger partial charge is 0.354 e. The zero-order valence-electron chi connectivity index (χ0n) is 10.1. The van der Waals surface area contributed by atoms with E-state index in [9.17, 15) is 9.90 Å². The summed E-state index contributed by atoms with van der Waals surface area (Å²) in [6.07, 6.45) is 0. The second kappa shape index (κ2) is 4.05. The fourth-order valence-corrected chi connectivity index (χ4v) is 2.03. The number of aromatic nitrogens is 2. The summed E-state index contributed by atoms with van der Waals surface area (Å²) >= 11 is 0. The van der Waals surface area contributed by atoms with E-state index in [1.807, 2.05) is 38.1 Å². The monoisotopic (exact) mass is 230 g/mol. The van der Waals surface area contributed by atoms with Crippen molar-refractivity contribution < 1.29 is 9.90 Å². The number of carboxylic acid groups (broad SMARTS) is 1. The summed E-state index contributed by atoms with van der Waals surface area (Å²) in [6.45, 7) is 5.48. The van der Waals surface area contributed by atoms with Gasteiger partial charge in [0.15, 0.2) is 5.69 Å². The molecule has 0 aliphatic rings. The predicted octanol–water partition coefficient (Wildman–Crippen LogP) is 2.50. The third-order valence-electron chi connectivity index (χ3n) is 2.78. The summed E-state index contributed by atoms with van der Waals surface area (Å²) in [7, 11) is 0. The molecule has 0 unspecified atom stereocenters. The van der Waals surface area contributed by atoms with Crippen LogP contribution < -0.4 is 0 Å². The minimum Gasteiger partial charge on any atom is -0.477 e. The molecule has 0 aliphatic carbocycles. The topological polar surface area (TPSA) is 55.1 Å². The summed E-state index contributed by atoms with van der Waals surface area (Å²) in [5, 5.41) is 9.25. The average molecular weight is 230 g/mol. The fourth-order valence-electron chi connectivity index (χ4n) is 2.03. The van der Waals surface area contributed by atoms with Crippen LogP contribution in [0.15, 0.2) is 24.3 Å². The number of aryl methyl sites for hydroxylation is 3. The number of carbonyl (C=O) groups is 1.